The molecule has 25 heavy (non-hydrogen) atoms. The molecule has 2 rings (SSSR count). The van der Waals surface area contributed by atoms with Crippen LogP contribution in [0, 0.1) is 0 Å². The van der Waals surface area contributed by atoms with Crippen LogP contribution in [0.15, 0.2) is 30.3 Å². The molecule has 0 amide bonds. The smallest absolute Gasteiger partial charge is 0.195 e. The van der Waals surface area contributed by atoms with Gasteiger partial charge < -0.3 is 19.4 Å². The lowest BCUT2D eigenvalue weighted by Gasteiger charge is -2.15. The van der Waals surface area contributed by atoms with E-state index in [1.807, 2.05) is 13.8 Å². The van der Waals surface area contributed by atoms with Crippen LogP contribution in [0.2, 0.25) is 5.02 Å². The fourth-order valence-electron chi connectivity index (χ4n) is 2.02. The first-order valence-electron chi connectivity index (χ1n) is 7.39. The lowest BCUT2D eigenvalue weighted by molar-refractivity contribution is -0.254. The van der Waals surface area contributed by atoms with Crippen molar-refractivity contribution in [2.45, 2.75) is 20.0 Å². The largest absolute Gasteiger partial charge is 0.544 e. The highest BCUT2D eigenvalue weighted by Crippen LogP contribution is 2.37. The summed E-state index contributed by atoms with van der Waals surface area (Å²) in [6.07, 6.45) is 2.86. The summed E-state index contributed by atoms with van der Waals surface area (Å²) in [6, 6.07) is 6.16. The molecule has 1 heterocycles. The molecule has 0 aliphatic heterocycles. The minimum absolute atomic E-state index is 0.0108. The van der Waals surface area contributed by atoms with Crippen molar-refractivity contribution >= 4 is 40.8 Å². The van der Waals surface area contributed by atoms with E-state index in [1.54, 1.807) is 18.2 Å². The van der Waals surface area contributed by atoms with Gasteiger partial charge in [0.2, 0.25) is 0 Å². The number of hydrogen-bond donors (Lipinski definition) is 0. The van der Waals surface area contributed by atoms with Gasteiger partial charge in [-0.15, -0.1) is 11.3 Å². The minimum Gasteiger partial charge on any atom is -0.544 e. The molecule has 0 N–H and O–H groups in total. The van der Waals surface area contributed by atoms with E-state index < -0.39 is 5.97 Å². The molecule has 5 nitrogen and oxygen atoms in total. The van der Waals surface area contributed by atoms with Crippen LogP contribution in [0.4, 0.5) is 0 Å². The van der Waals surface area contributed by atoms with Crippen LogP contribution >= 0.6 is 22.9 Å². The second-order valence-electron chi connectivity index (χ2n) is 5.35. The maximum atomic E-state index is 12.1. The van der Waals surface area contributed by atoms with Crippen molar-refractivity contribution in [2.75, 3.05) is 7.11 Å². The zero-order valence-corrected chi connectivity index (χ0v) is 15.4. The molecule has 0 bridgehead atoms. The van der Waals surface area contributed by atoms with Gasteiger partial charge in [0.15, 0.2) is 17.3 Å². The second-order valence-corrected chi connectivity index (χ2v) is 6.84. The molecule has 0 aliphatic rings. The number of halogens is 1. The third-order valence-corrected chi connectivity index (χ3v) is 4.44. The van der Waals surface area contributed by atoms with Gasteiger partial charge in [0.1, 0.15) is 0 Å². The molecule has 0 radical (unpaired) electrons. The predicted octanol–water partition coefficient (Wildman–Crippen LogP) is 3.46. The quantitative estimate of drug-likeness (QED) is 0.544. The maximum Gasteiger partial charge on any atom is 0.195 e. The van der Waals surface area contributed by atoms with Gasteiger partial charge in [-0.1, -0.05) is 17.7 Å². The van der Waals surface area contributed by atoms with Crippen molar-refractivity contribution in [1.82, 2.24) is 0 Å². The average Bonchev–Trinajstić information content (AvgIpc) is 3.04. The number of hydrogen-bond acceptors (Lipinski definition) is 6. The van der Waals surface area contributed by atoms with Crippen LogP contribution in [-0.2, 0) is 0 Å². The first kappa shape index (κ1) is 19.0. The van der Waals surface area contributed by atoms with Crippen LogP contribution < -0.4 is 14.6 Å². The first-order chi connectivity index (χ1) is 11.8. The number of allylic oxidation sites excluding steroid dienone is 1. The van der Waals surface area contributed by atoms with Gasteiger partial charge in [-0.3, -0.25) is 4.79 Å². The van der Waals surface area contributed by atoms with E-state index in [-0.39, 0.29) is 16.8 Å². The molecule has 0 spiro atoms. The van der Waals surface area contributed by atoms with Crippen molar-refractivity contribution < 1.29 is 24.2 Å². The zero-order valence-electron chi connectivity index (χ0n) is 13.9. The number of ether oxygens (including phenoxy) is 2. The third-order valence-electron chi connectivity index (χ3n) is 3.08. The van der Waals surface area contributed by atoms with E-state index in [4.69, 9.17) is 21.1 Å². The lowest BCUT2D eigenvalue weighted by atomic mass is 10.1. The zero-order chi connectivity index (χ0) is 18.6. The van der Waals surface area contributed by atoms with E-state index in [9.17, 15) is 14.7 Å². The molecular weight excluding hydrogens is 364 g/mol. The van der Waals surface area contributed by atoms with E-state index in [0.717, 1.165) is 11.3 Å². The van der Waals surface area contributed by atoms with Gasteiger partial charge in [0, 0.05) is 0 Å². The first-order valence-corrected chi connectivity index (χ1v) is 8.59. The fourth-order valence-corrected chi connectivity index (χ4v) is 3.04. The SMILES string of the molecule is COc1cc(/C=C/C(=O)c2ccc(C(=O)[O-])s2)cc(Cl)c1OC(C)C. The molecule has 0 fully saturated rings. The Balaban J connectivity index is 2.23. The Kier molecular flexibility index (Phi) is 6.22. The summed E-state index contributed by atoms with van der Waals surface area (Å²) in [5, 5.41) is 11.1. The van der Waals surface area contributed by atoms with Crippen LogP contribution in [0.25, 0.3) is 6.08 Å². The Labute approximate surface area is 154 Å². The Morgan fingerprint density at radius 1 is 1.24 bits per heavy atom. The minimum atomic E-state index is -1.30. The number of methoxy groups -OCH3 is 1. The van der Waals surface area contributed by atoms with Gasteiger partial charge in [-0.2, -0.15) is 0 Å². The number of carbonyl (C=O) groups excluding carboxylic acids is 2. The third kappa shape index (κ3) is 4.84. The number of benzene rings is 1. The summed E-state index contributed by atoms with van der Waals surface area (Å²) >= 11 is 7.10. The normalized spacial score (nSPS) is 11.1. The molecule has 2 aromatic rings. The molecule has 0 atom stereocenters. The second kappa shape index (κ2) is 8.18. The summed E-state index contributed by atoms with van der Waals surface area (Å²) in [6.45, 7) is 3.76. The molecular formula is C18H16ClO5S-. The van der Waals surface area contributed by atoms with Gasteiger partial charge in [0.05, 0.1) is 34.0 Å². The highest BCUT2D eigenvalue weighted by molar-refractivity contribution is 7.16. The molecule has 7 heteroatoms. The molecule has 0 unspecified atom stereocenters. The summed E-state index contributed by atoms with van der Waals surface area (Å²) < 4.78 is 10.9. The van der Waals surface area contributed by atoms with Crippen molar-refractivity contribution in [3.63, 3.8) is 0 Å². The van der Waals surface area contributed by atoms with E-state index >= 15 is 0 Å². The summed E-state index contributed by atoms with van der Waals surface area (Å²) in [4.78, 5) is 23.2. The number of rotatable bonds is 7. The molecule has 1 aromatic carbocycles. The molecule has 1 aromatic heterocycles. The Morgan fingerprint density at radius 3 is 2.48 bits per heavy atom. The summed E-state index contributed by atoms with van der Waals surface area (Å²) in [5.74, 6) is -0.705. The van der Waals surface area contributed by atoms with Crippen molar-refractivity contribution in [1.29, 1.82) is 0 Å². The van der Waals surface area contributed by atoms with Gasteiger partial charge in [-0.25, -0.2) is 0 Å². The van der Waals surface area contributed by atoms with E-state index in [2.05, 4.69) is 0 Å². The van der Waals surface area contributed by atoms with Crippen LogP contribution in [0.1, 0.15) is 38.8 Å². The topological polar surface area (TPSA) is 75.7 Å². The molecule has 0 saturated heterocycles. The van der Waals surface area contributed by atoms with E-state index in [1.165, 1.54) is 25.3 Å². The number of carbonyl (C=O) groups is 2. The monoisotopic (exact) mass is 379 g/mol. The average molecular weight is 380 g/mol. The Bertz CT molecular complexity index is 823. The number of carboxylic acid groups (broad SMARTS) is 1. The molecule has 0 saturated carbocycles. The lowest BCUT2D eigenvalue weighted by Crippen LogP contribution is -2.20. The Morgan fingerprint density at radius 2 is 1.92 bits per heavy atom. The number of ketones is 1. The van der Waals surface area contributed by atoms with Gasteiger partial charge in [0.25, 0.3) is 0 Å². The number of thiophene rings is 1. The fraction of sp³-hybridized carbons (Fsp3) is 0.222. The van der Waals surface area contributed by atoms with E-state index in [0.29, 0.717) is 27.0 Å². The summed E-state index contributed by atoms with van der Waals surface area (Å²) in [5.41, 5.74) is 0.656. The van der Waals surface area contributed by atoms with Crippen LogP contribution in [0.5, 0.6) is 11.5 Å². The van der Waals surface area contributed by atoms with Crippen LogP contribution in [-0.4, -0.2) is 25.0 Å². The molecule has 132 valence electrons. The number of carboxylic acids is 1. The van der Waals surface area contributed by atoms with Crippen molar-refractivity contribution in [2.24, 2.45) is 0 Å². The maximum absolute atomic E-state index is 12.1. The number of aromatic carboxylic acids is 1. The highest BCUT2D eigenvalue weighted by Gasteiger charge is 2.13. The standard InChI is InChI=1S/C18H17ClO5S/c1-10(2)24-17-12(19)8-11(9-14(17)23-3)4-5-13(20)15-6-7-16(25-15)18(21)22/h4-10H,1-3H3,(H,21,22)/p-1/b5-4+. The Hall–Kier alpha value is -2.31. The predicted molar refractivity (Wildman–Crippen MR) is 95.8 cm³/mol. The van der Waals surface area contributed by atoms with Crippen LogP contribution in [0.3, 0.4) is 0 Å². The van der Waals surface area contributed by atoms with Gasteiger partial charge in [-0.05, 0) is 49.8 Å². The van der Waals surface area contributed by atoms with Crippen molar-refractivity contribution in [3.05, 3.63) is 50.7 Å². The van der Waals surface area contributed by atoms with Crippen molar-refractivity contribution in [3.8, 4) is 11.5 Å². The molecule has 0 aliphatic carbocycles. The van der Waals surface area contributed by atoms with Gasteiger partial charge >= 0.3 is 0 Å². The summed E-state index contributed by atoms with van der Waals surface area (Å²) in [7, 11) is 1.50. The highest BCUT2D eigenvalue weighted by atomic mass is 35.5.